The Hall–Kier alpha value is -8.88. The van der Waals surface area contributed by atoms with E-state index in [2.05, 4.69) is 143 Å². The van der Waals surface area contributed by atoms with Crippen LogP contribution >= 0.6 is 57.5 Å². The Bertz CT molecular complexity index is 4990. The Morgan fingerprint density at radius 1 is 0.513 bits per heavy atom. The number of benzene rings is 3. The van der Waals surface area contributed by atoms with Crippen LogP contribution in [0, 0.1) is 0 Å². The van der Waals surface area contributed by atoms with Gasteiger partial charge in [-0.15, -0.1) is 34.9 Å². The molecule has 3 aromatic carbocycles. The molecule has 12 rings (SSSR count). The van der Waals surface area contributed by atoms with E-state index in [4.69, 9.17) is 13.3 Å². The molecule has 0 unspecified atom stereocenters. The molecule has 35 heteroatoms. The van der Waals surface area contributed by atoms with E-state index in [0.29, 0.717) is 104 Å². The van der Waals surface area contributed by atoms with Crippen molar-refractivity contribution in [2.45, 2.75) is 178 Å². The number of oxazole rings is 3. The number of piperidine rings is 3. The lowest BCUT2D eigenvalue weighted by Gasteiger charge is -2.33. The first-order valence-electron chi connectivity index (χ1n) is 37.7. The Morgan fingerprint density at radius 2 is 0.913 bits per heavy atom. The van der Waals surface area contributed by atoms with Crippen molar-refractivity contribution in [2.75, 3.05) is 91.8 Å². The van der Waals surface area contributed by atoms with Crippen molar-refractivity contribution in [3.63, 3.8) is 0 Å². The van der Waals surface area contributed by atoms with Crippen molar-refractivity contribution in [1.82, 2.24) is 53.6 Å². The number of amides is 4. The van der Waals surface area contributed by atoms with Gasteiger partial charge in [0.25, 0.3) is 5.91 Å². The lowest BCUT2D eigenvalue weighted by atomic mass is 9.94. The molecule has 115 heavy (non-hydrogen) atoms. The average Bonchev–Trinajstić information content (AvgIpc) is 1.08. The Labute approximate surface area is 694 Å². The third-order valence-corrected chi connectivity index (χ3v) is 27.0. The summed E-state index contributed by atoms with van der Waals surface area (Å²) in [6, 6.07) is 19.4. The molecule has 7 N–H and O–H groups in total. The van der Waals surface area contributed by atoms with Gasteiger partial charge in [0.1, 0.15) is 17.3 Å². The van der Waals surface area contributed by atoms with Gasteiger partial charge in [0.15, 0.2) is 15.4 Å². The number of anilines is 6. The van der Waals surface area contributed by atoms with Crippen LogP contribution in [0.1, 0.15) is 151 Å². The molecule has 28 nitrogen and oxygen atoms in total. The van der Waals surface area contributed by atoms with Crippen LogP contribution in [0.3, 0.4) is 0 Å². The number of carbonyl (C=O) groups is 4. The Kier molecular flexibility index (Phi) is 31.0. The highest BCUT2D eigenvalue weighted by Crippen LogP contribution is 2.36. The standard InChI is InChI=1S/C28H38N6O4S3.C27H34N6O3S.C25H31N5O4S3/c1-28(2,3)23-16-29-25(38-23)19-39-26-17-30-27(40-26)32-21-8-6-15-34(18-21)41(36,37)22-12-10-20(11-13-22)31-24(35)9-7-14-33(4)5;1-5-23(34)31-19-10-8-18(9-11-19)25(35)33-12-6-7-20(17-33)32-26-30-14-21(37-26)13-28-16-24-29-15-22(36-24)27(2,3)4;1-5-21(31)28-17-8-10-19(11-9-17)37(32,33)30-12-6-7-18(15-30)29-24-27-14-23(36-24)35-16-22-26-13-20(34-22)25(2,3)4/h7,9-13,16-17,21H,6,8,14-15,18-19H2,1-5H3,(H,30,32)(H,31,35);5,8-11,14-15,20,28H,1,6-7,12-13,16-17H2,2-4H3,(H,30,32)(H,31,34);5,8-11,13-14,18H,1,6-7,12,15-16H2,2-4H3,(H,27,29)(H,28,31)/b9-7+;;/t21-;20-;18-/m111/s1. The summed E-state index contributed by atoms with van der Waals surface area (Å²) in [4.78, 5) is 80.0. The topological polar surface area (TPSA) is 350 Å². The third-order valence-electron chi connectivity index (χ3n) is 18.1. The summed E-state index contributed by atoms with van der Waals surface area (Å²) < 4.78 is 75.8. The van der Waals surface area contributed by atoms with E-state index < -0.39 is 20.0 Å². The zero-order valence-corrected chi connectivity index (χ0v) is 72.4. The lowest BCUT2D eigenvalue weighted by molar-refractivity contribution is -0.112. The highest BCUT2D eigenvalue weighted by atomic mass is 32.2. The van der Waals surface area contributed by atoms with Crippen molar-refractivity contribution in [2.24, 2.45) is 0 Å². The molecule has 0 radical (unpaired) electrons. The molecule has 6 aromatic heterocycles. The van der Waals surface area contributed by atoms with Gasteiger partial charge >= 0.3 is 0 Å². The summed E-state index contributed by atoms with van der Waals surface area (Å²) in [6.07, 6.45) is 21.6. The number of carbonyl (C=O) groups excluding carboxylic acids is 4. The summed E-state index contributed by atoms with van der Waals surface area (Å²) in [6.45, 7) is 30.5. The first kappa shape index (κ1) is 88.5. The first-order valence-corrected chi connectivity index (χ1v) is 45.0. The minimum atomic E-state index is -3.68. The molecule has 4 amide bonds. The van der Waals surface area contributed by atoms with Gasteiger partial charge in [-0.25, -0.2) is 46.7 Å². The van der Waals surface area contributed by atoms with E-state index in [1.165, 1.54) is 67.7 Å². The second-order valence-electron chi connectivity index (χ2n) is 31.0. The zero-order chi connectivity index (χ0) is 82.7. The number of sulfonamides is 2. The van der Waals surface area contributed by atoms with Gasteiger partial charge in [0.2, 0.25) is 55.4 Å². The molecule has 616 valence electrons. The van der Waals surface area contributed by atoms with E-state index in [0.717, 1.165) is 97.1 Å². The van der Waals surface area contributed by atoms with Gasteiger partial charge in [0, 0.05) is 127 Å². The summed E-state index contributed by atoms with van der Waals surface area (Å²) >= 11 is 7.90. The molecule has 0 aliphatic carbocycles. The number of aromatic nitrogens is 6. The second-order valence-corrected chi connectivity index (χ2v) is 40.6. The molecule has 3 saturated heterocycles. The van der Waals surface area contributed by atoms with E-state index in [9.17, 15) is 36.0 Å². The van der Waals surface area contributed by atoms with Crippen molar-refractivity contribution >= 4 is 134 Å². The van der Waals surface area contributed by atoms with E-state index in [-0.39, 0.29) is 67.8 Å². The molecule has 3 fully saturated rings. The molecule has 9 aromatic rings. The summed E-state index contributed by atoms with van der Waals surface area (Å²) in [5.74, 6) is 4.97. The van der Waals surface area contributed by atoms with Gasteiger partial charge in [-0.2, -0.15) is 8.61 Å². The quantitative estimate of drug-likeness (QED) is 0.0169. The van der Waals surface area contributed by atoms with Crippen molar-refractivity contribution in [1.29, 1.82) is 0 Å². The van der Waals surface area contributed by atoms with Crippen LogP contribution in [0.25, 0.3) is 0 Å². The molecule has 3 aliphatic rings. The number of likely N-dealkylation sites (tertiary alicyclic amines) is 1. The molecular weight excluding hydrogens is 1600 g/mol. The molecule has 0 saturated carbocycles. The fourth-order valence-corrected chi connectivity index (χ4v) is 19.4. The van der Waals surface area contributed by atoms with Crippen LogP contribution in [0.4, 0.5) is 32.5 Å². The third kappa shape index (κ3) is 26.6. The average molecular weight is 1700 g/mol. The van der Waals surface area contributed by atoms with Crippen molar-refractivity contribution < 1.29 is 49.3 Å². The minimum Gasteiger partial charge on any atom is -0.444 e. The number of thioether (sulfide) groups is 2. The molecule has 0 spiro atoms. The van der Waals surface area contributed by atoms with Crippen molar-refractivity contribution in [3.05, 3.63) is 193 Å². The number of likely N-dealkylation sites (N-methyl/N-ethyl adjacent to an activating group) is 1. The predicted molar refractivity (Wildman–Crippen MR) is 458 cm³/mol. The summed E-state index contributed by atoms with van der Waals surface area (Å²) in [7, 11) is -3.50. The molecule has 3 atom stereocenters. The van der Waals surface area contributed by atoms with Gasteiger partial charge in [0.05, 0.1) is 67.2 Å². The maximum Gasteiger partial charge on any atom is 0.253 e. The number of hydrogen-bond acceptors (Lipinski definition) is 27. The number of hydrogen-bond donors (Lipinski definition) is 7. The Morgan fingerprint density at radius 3 is 1.35 bits per heavy atom. The van der Waals surface area contributed by atoms with Crippen LogP contribution in [-0.2, 0) is 75.3 Å². The van der Waals surface area contributed by atoms with Crippen LogP contribution < -0.4 is 37.2 Å². The van der Waals surface area contributed by atoms with Gasteiger partial charge in [-0.05, 0) is 138 Å². The summed E-state index contributed by atoms with van der Waals surface area (Å²) in [5.41, 5.74) is 2.06. The first-order chi connectivity index (χ1) is 54.6. The van der Waals surface area contributed by atoms with Gasteiger partial charge in [-0.1, -0.05) is 104 Å². The Balaban J connectivity index is 0.000000183. The largest absolute Gasteiger partial charge is 0.444 e. The molecule has 3 aliphatic heterocycles. The van der Waals surface area contributed by atoms with Gasteiger partial charge in [-0.3, -0.25) is 19.2 Å². The van der Waals surface area contributed by atoms with Crippen LogP contribution in [0.15, 0.2) is 179 Å². The monoisotopic (exact) mass is 1700 g/mol. The number of nitrogens with one attached hydrogen (secondary N) is 7. The van der Waals surface area contributed by atoms with E-state index in [1.807, 2.05) is 42.5 Å². The zero-order valence-electron chi connectivity index (χ0n) is 66.7. The van der Waals surface area contributed by atoms with Gasteiger partial charge < -0.3 is 60.3 Å². The van der Waals surface area contributed by atoms with E-state index >= 15 is 0 Å². The van der Waals surface area contributed by atoms with Crippen LogP contribution in [0.5, 0.6) is 0 Å². The fraction of sp³-hybridized carbons (Fsp3) is 0.425. The van der Waals surface area contributed by atoms with E-state index in [1.54, 1.807) is 108 Å². The maximum atomic E-state index is 13.4. The molecular formula is C80H103N17O11S7. The normalized spacial score (nSPS) is 16.6. The SMILES string of the molecule is C=CC(=O)Nc1ccc(C(=O)N2CCC[C@@H](Nc3ncc(CNCc4ncc(C(C)(C)C)o4)s3)C2)cc1.C=CC(=O)Nc1ccc(S(=O)(=O)N2CCC[C@@H](Nc3ncc(SCc4ncc(C(C)(C)C)o4)s3)C2)cc1.CN(C)C/C=C/C(=O)Nc1ccc(S(=O)(=O)N2CCC[C@@H](Nc3ncc(SCc4ncc(C(C)(C)C)o4)s3)C2)cc1. The maximum absolute atomic E-state index is 13.4. The fourth-order valence-electron chi connectivity index (χ4n) is 11.9. The molecule has 9 heterocycles. The lowest BCUT2D eigenvalue weighted by Crippen LogP contribution is -2.45. The minimum absolute atomic E-state index is 0.0155. The number of thiazole rings is 3. The number of rotatable bonds is 29. The number of nitrogens with zero attached hydrogens (tertiary/aromatic N) is 10. The molecule has 0 bridgehead atoms. The smallest absolute Gasteiger partial charge is 0.253 e. The van der Waals surface area contributed by atoms with Crippen LogP contribution in [0.2, 0.25) is 0 Å². The van der Waals surface area contributed by atoms with Crippen molar-refractivity contribution in [3.8, 4) is 0 Å². The highest BCUT2D eigenvalue weighted by molar-refractivity contribution is 8.00. The predicted octanol–water partition coefficient (Wildman–Crippen LogP) is 14.7. The highest BCUT2D eigenvalue weighted by Gasteiger charge is 2.34. The second kappa shape index (κ2) is 40.3. The summed E-state index contributed by atoms with van der Waals surface area (Å²) in [5, 5.41) is 24.1. The van der Waals surface area contributed by atoms with Crippen LogP contribution in [-0.4, -0.2) is 167 Å².